The first-order chi connectivity index (χ1) is 10.7. The highest BCUT2D eigenvalue weighted by Crippen LogP contribution is 2.22. The van der Waals surface area contributed by atoms with Gasteiger partial charge in [0.25, 0.3) is 0 Å². The molecule has 22 heavy (non-hydrogen) atoms. The lowest BCUT2D eigenvalue weighted by Gasteiger charge is -2.27. The molecular formula is C18H24N2OS. The monoisotopic (exact) mass is 316 g/mol. The van der Waals surface area contributed by atoms with E-state index in [-0.39, 0.29) is 11.9 Å². The molecule has 3 nitrogen and oxygen atoms in total. The average molecular weight is 316 g/mol. The van der Waals surface area contributed by atoms with Crippen LogP contribution in [0.5, 0.6) is 0 Å². The first kappa shape index (κ1) is 16.7. The highest BCUT2D eigenvalue weighted by molar-refractivity contribution is 7.19. The lowest BCUT2D eigenvalue weighted by atomic mass is 10.2. The molecule has 1 aromatic heterocycles. The van der Waals surface area contributed by atoms with Crippen molar-refractivity contribution < 1.29 is 4.79 Å². The number of amides is 1. The number of aromatic nitrogens is 1. The van der Waals surface area contributed by atoms with Crippen molar-refractivity contribution in [2.45, 2.75) is 46.1 Å². The van der Waals surface area contributed by atoms with Gasteiger partial charge in [0.05, 0.1) is 10.2 Å². The summed E-state index contributed by atoms with van der Waals surface area (Å²) in [7, 11) is 0. The van der Waals surface area contributed by atoms with E-state index in [1.807, 2.05) is 29.2 Å². The molecule has 0 saturated heterocycles. The summed E-state index contributed by atoms with van der Waals surface area (Å²) in [6.45, 7) is 7.21. The van der Waals surface area contributed by atoms with E-state index in [2.05, 4.69) is 31.8 Å². The molecule has 0 spiro atoms. The number of hydrogen-bond donors (Lipinski definition) is 0. The Bertz CT molecular complexity index is 614. The van der Waals surface area contributed by atoms with Crippen molar-refractivity contribution in [2.24, 2.45) is 0 Å². The van der Waals surface area contributed by atoms with Crippen LogP contribution in [0, 0.1) is 0 Å². The van der Waals surface area contributed by atoms with Crippen LogP contribution in [0.1, 0.15) is 45.0 Å². The summed E-state index contributed by atoms with van der Waals surface area (Å²) < 4.78 is 1.15. The largest absolute Gasteiger partial charge is 0.336 e. The second kappa shape index (κ2) is 8.08. The fraction of sp³-hybridized carbons (Fsp3) is 0.444. The summed E-state index contributed by atoms with van der Waals surface area (Å²) in [6.07, 6.45) is 6.63. The smallest absolute Gasteiger partial charge is 0.246 e. The van der Waals surface area contributed by atoms with Crippen LogP contribution in [0.2, 0.25) is 0 Å². The van der Waals surface area contributed by atoms with Gasteiger partial charge in [-0.25, -0.2) is 4.98 Å². The Balaban J connectivity index is 2.10. The van der Waals surface area contributed by atoms with Gasteiger partial charge in [-0.2, -0.15) is 0 Å². The Hall–Kier alpha value is -1.68. The van der Waals surface area contributed by atoms with Gasteiger partial charge in [-0.1, -0.05) is 32.4 Å². The van der Waals surface area contributed by atoms with Crippen LogP contribution in [0.25, 0.3) is 16.3 Å². The van der Waals surface area contributed by atoms with Crippen molar-refractivity contribution in [3.05, 3.63) is 35.3 Å². The molecule has 1 aromatic carbocycles. The second-order valence-electron chi connectivity index (χ2n) is 5.50. The molecule has 0 N–H and O–H groups in total. The van der Waals surface area contributed by atoms with E-state index in [1.165, 1.54) is 0 Å². The molecule has 0 aliphatic rings. The molecule has 0 aliphatic carbocycles. The van der Waals surface area contributed by atoms with E-state index in [9.17, 15) is 4.79 Å². The van der Waals surface area contributed by atoms with Crippen LogP contribution in [0.3, 0.4) is 0 Å². The molecule has 0 saturated carbocycles. The Morgan fingerprint density at radius 3 is 2.82 bits per heavy atom. The number of para-hydroxylation sites is 1. The highest BCUT2D eigenvalue weighted by Gasteiger charge is 2.15. The molecule has 1 amide bonds. The summed E-state index contributed by atoms with van der Waals surface area (Å²) in [5.41, 5.74) is 0.990. The number of benzene rings is 1. The van der Waals surface area contributed by atoms with Gasteiger partial charge >= 0.3 is 0 Å². The van der Waals surface area contributed by atoms with E-state index < -0.39 is 0 Å². The second-order valence-corrected chi connectivity index (χ2v) is 6.56. The number of rotatable bonds is 7. The summed E-state index contributed by atoms with van der Waals surface area (Å²) in [5.74, 6) is 0.0852. The Labute approximate surface area is 136 Å². The van der Waals surface area contributed by atoms with Crippen molar-refractivity contribution in [3.63, 3.8) is 0 Å². The standard InChI is InChI=1S/C18H24N2OS/c1-4-6-13-20(14(3)5-2)18(21)12-11-17-19-15-9-7-8-10-16(15)22-17/h7-12,14H,4-6,13H2,1-3H3/b12-11+. The van der Waals surface area contributed by atoms with Crippen molar-refractivity contribution >= 4 is 33.5 Å². The molecule has 118 valence electrons. The number of nitrogens with zero attached hydrogens (tertiary/aromatic N) is 2. The minimum absolute atomic E-state index is 0.0852. The van der Waals surface area contributed by atoms with Crippen molar-refractivity contribution in [2.75, 3.05) is 6.54 Å². The first-order valence-corrected chi connectivity index (χ1v) is 8.81. The third kappa shape index (κ3) is 4.17. The van der Waals surface area contributed by atoms with E-state index in [0.717, 1.165) is 41.0 Å². The molecular weight excluding hydrogens is 292 g/mol. The summed E-state index contributed by atoms with van der Waals surface area (Å²) >= 11 is 1.61. The summed E-state index contributed by atoms with van der Waals surface area (Å²) in [5, 5.41) is 0.883. The maximum atomic E-state index is 12.5. The van der Waals surface area contributed by atoms with Crippen molar-refractivity contribution in [1.82, 2.24) is 9.88 Å². The molecule has 1 heterocycles. The molecule has 0 bridgehead atoms. The SMILES string of the molecule is CCCCN(C(=O)/C=C/c1nc2ccccc2s1)C(C)CC. The first-order valence-electron chi connectivity index (χ1n) is 8.00. The lowest BCUT2D eigenvalue weighted by Crippen LogP contribution is -2.37. The molecule has 4 heteroatoms. The Morgan fingerprint density at radius 1 is 1.36 bits per heavy atom. The number of carbonyl (C=O) groups is 1. The van der Waals surface area contributed by atoms with Gasteiger partial charge in [-0.05, 0) is 38.0 Å². The Morgan fingerprint density at radius 2 is 2.14 bits per heavy atom. The topological polar surface area (TPSA) is 33.2 Å². The van der Waals surface area contributed by atoms with Crippen LogP contribution >= 0.6 is 11.3 Å². The number of unbranched alkanes of at least 4 members (excludes halogenated alkanes) is 1. The molecule has 1 unspecified atom stereocenters. The molecule has 0 fully saturated rings. The van der Waals surface area contributed by atoms with Crippen LogP contribution in [0.15, 0.2) is 30.3 Å². The van der Waals surface area contributed by atoms with Crippen LogP contribution in [-0.4, -0.2) is 28.4 Å². The fourth-order valence-corrected chi connectivity index (χ4v) is 3.17. The normalized spacial score (nSPS) is 12.9. The van der Waals surface area contributed by atoms with Crippen molar-refractivity contribution in [3.8, 4) is 0 Å². The lowest BCUT2D eigenvalue weighted by molar-refractivity contribution is -0.128. The van der Waals surface area contributed by atoms with Gasteiger partial charge in [-0.15, -0.1) is 11.3 Å². The minimum atomic E-state index is 0.0852. The minimum Gasteiger partial charge on any atom is -0.336 e. The van der Waals surface area contributed by atoms with E-state index in [1.54, 1.807) is 17.4 Å². The van der Waals surface area contributed by atoms with Gasteiger partial charge in [0.15, 0.2) is 0 Å². The number of carbonyl (C=O) groups excluding carboxylic acids is 1. The molecule has 0 radical (unpaired) electrons. The zero-order chi connectivity index (χ0) is 15.9. The third-order valence-electron chi connectivity index (χ3n) is 3.84. The van der Waals surface area contributed by atoms with Gasteiger partial charge < -0.3 is 4.90 Å². The fourth-order valence-electron chi connectivity index (χ4n) is 2.30. The molecule has 0 aliphatic heterocycles. The summed E-state index contributed by atoms with van der Waals surface area (Å²) in [4.78, 5) is 19.0. The number of hydrogen-bond acceptors (Lipinski definition) is 3. The summed E-state index contributed by atoms with van der Waals surface area (Å²) in [6, 6.07) is 8.32. The number of fused-ring (bicyclic) bond motifs is 1. The average Bonchev–Trinajstić information content (AvgIpc) is 2.95. The zero-order valence-electron chi connectivity index (χ0n) is 13.6. The van der Waals surface area contributed by atoms with Crippen LogP contribution in [0.4, 0.5) is 0 Å². The quantitative estimate of drug-likeness (QED) is 0.691. The predicted octanol–water partition coefficient (Wildman–Crippen LogP) is 4.74. The van der Waals surface area contributed by atoms with Crippen LogP contribution < -0.4 is 0 Å². The maximum Gasteiger partial charge on any atom is 0.246 e. The van der Waals surface area contributed by atoms with Gasteiger partial charge in [0.2, 0.25) is 5.91 Å². The molecule has 2 aromatic rings. The van der Waals surface area contributed by atoms with Gasteiger partial charge in [0, 0.05) is 18.7 Å². The van der Waals surface area contributed by atoms with E-state index >= 15 is 0 Å². The third-order valence-corrected chi connectivity index (χ3v) is 4.84. The molecule has 1 atom stereocenters. The van der Waals surface area contributed by atoms with Crippen LogP contribution in [-0.2, 0) is 4.79 Å². The van der Waals surface area contributed by atoms with E-state index in [4.69, 9.17) is 0 Å². The maximum absolute atomic E-state index is 12.5. The van der Waals surface area contributed by atoms with Crippen molar-refractivity contribution in [1.29, 1.82) is 0 Å². The zero-order valence-corrected chi connectivity index (χ0v) is 14.4. The Kier molecular flexibility index (Phi) is 6.13. The highest BCUT2D eigenvalue weighted by atomic mass is 32.1. The van der Waals surface area contributed by atoms with Gasteiger partial charge in [0.1, 0.15) is 5.01 Å². The van der Waals surface area contributed by atoms with E-state index in [0.29, 0.717) is 0 Å². The molecule has 2 rings (SSSR count). The van der Waals surface area contributed by atoms with Gasteiger partial charge in [-0.3, -0.25) is 4.79 Å². The predicted molar refractivity (Wildman–Crippen MR) is 95.0 cm³/mol. The number of thiazole rings is 1.